The quantitative estimate of drug-likeness (QED) is 0.481. The molecule has 1 atom stereocenters. The smallest absolute Gasteiger partial charge is 0.240 e. The molecule has 2 amide bonds. The zero-order chi connectivity index (χ0) is 21.3. The summed E-state index contributed by atoms with van der Waals surface area (Å²) in [5, 5.41) is 4.98. The second-order valence-electron chi connectivity index (χ2n) is 7.19. The molecule has 0 aliphatic heterocycles. The van der Waals surface area contributed by atoms with Crippen LogP contribution >= 0.6 is 0 Å². The van der Waals surface area contributed by atoms with Crippen molar-refractivity contribution >= 4 is 22.6 Å². The van der Waals surface area contributed by atoms with Crippen molar-refractivity contribution in [1.82, 2.24) is 5.32 Å². The van der Waals surface area contributed by atoms with Crippen LogP contribution in [0.1, 0.15) is 17.5 Å². The number of nitrogens with one attached hydrogen (secondary N) is 1. The van der Waals surface area contributed by atoms with Crippen LogP contribution in [0.2, 0.25) is 0 Å². The van der Waals surface area contributed by atoms with E-state index in [4.69, 9.17) is 16.2 Å². The first kappa shape index (κ1) is 21.3. The molecule has 0 aromatic heterocycles. The molecule has 30 heavy (non-hydrogen) atoms. The summed E-state index contributed by atoms with van der Waals surface area (Å²) >= 11 is 0. The summed E-state index contributed by atoms with van der Waals surface area (Å²) in [7, 11) is 0. The number of rotatable bonds is 10. The average Bonchev–Trinajstić information content (AvgIpc) is 2.76. The van der Waals surface area contributed by atoms with Gasteiger partial charge in [-0.3, -0.25) is 9.59 Å². The molecule has 3 aromatic rings. The predicted molar refractivity (Wildman–Crippen MR) is 118 cm³/mol. The van der Waals surface area contributed by atoms with Gasteiger partial charge in [0.25, 0.3) is 0 Å². The van der Waals surface area contributed by atoms with Gasteiger partial charge < -0.3 is 21.5 Å². The van der Waals surface area contributed by atoms with E-state index in [2.05, 4.69) is 5.32 Å². The van der Waals surface area contributed by atoms with E-state index in [9.17, 15) is 9.59 Å². The van der Waals surface area contributed by atoms with Crippen LogP contribution < -0.4 is 21.5 Å². The van der Waals surface area contributed by atoms with Crippen LogP contribution in [0.5, 0.6) is 5.75 Å². The van der Waals surface area contributed by atoms with Crippen LogP contribution in [0.3, 0.4) is 0 Å². The molecule has 0 fully saturated rings. The predicted octanol–water partition coefficient (Wildman–Crippen LogP) is 2.32. The number of fused-ring (bicyclic) bond motifs is 1. The first-order chi connectivity index (χ1) is 14.5. The van der Waals surface area contributed by atoms with Gasteiger partial charge in [-0.05, 0) is 40.5 Å². The lowest BCUT2D eigenvalue weighted by Gasteiger charge is -2.16. The van der Waals surface area contributed by atoms with Crippen molar-refractivity contribution in [3.8, 4) is 5.75 Å². The molecule has 3 rings (SSSR count). The van der Waals surface area contributed by atoms with E-state index in [0.717, 1.165) is 27.6 Å². The van der Waals surface area contributed by atoms with E-state index in [1.165, 1.54) is 0 Å². The molecule has 3 aromatic carbocycles. The molecule has 0 bridgehead atoms. The number of primary amides is 1. The number of ether oxygens (including phenoxy) is 1. The Hall–Kier alpha value is -3.38. The van der Waals surface area contributed by atoms with Gasteiger partial charge in [-0.15, -0.1) is 0 Å². The molecule has 0 aliphatic carbocycles. The summed E-state index contributed by atoms with van der Waals surface area (Å²) in [6, 6.07) is 20.8. The lowest BCUT2D eigenvalue weighted by Crippen LogP contribution is -2.45. The van der Waals surface area contributed by atoms with Crippen molar-refractivity contribution in [2.24, 2.45) is 11.5 Å². The molecule has 6 heteroatoms. The molecule has 156 valence electrons. The SMILES string of the molecule is NCCOc1ccc(CCC(=O)N[C@H](Cc2ccc3ccccc3c2)C(N)=O)cc1. The highest BCUT2D eigenvalue weighted by Crippen LogP contribution is 2.17. The molecule has 0 saturated heterocycles. The average molecular weight is 405 g/mol. The fraction of sp³-hybridized carbons (Fsp3) is 0.250. The topological polar surface area (TPSA) is 107 Å². The van der Waals surface area contributed by atoms with Crippen molar-refractivity contribution in [3.05, 3.63) is 77.9 Å². The Bertz CT molecular complexity index is 1000. The maximum absolute atomic E-state index is 12.4. The number of carbonyl (C=O) groups is 2. The Morgan fingerprint density at radius 3 is 2.33 bits per heavy atom. The molecule has 0 saturated carbocycles. The van der Waals surface area contributed by atoms with Gasteiger partial charge in [0.05, 0.1) is 0 Å². The van der Waals surface area contributed by atoms with Gasteiger partial charge in [0.15, 0.2) is 0 Å². The summed E-state index contributed by atoms with van der Waals surface area (Å²) in [6.07, 6.45) is 1.19. The third-order valence-electron chi connectivity index (χ3n) is 4.88. The molecule has 0 heterocycles. The Labute approximate surface area is 176 Å². The summed E-state index contributed by atoms with van der Waals surface area (Å²) < 4.78 is 5.44. The molecule has 0 aliphatic rings. The van der Waals surface area contributed by atoms with E-state index in [0.29, 0.717) is 26.0 Å². The van der Waals surface area contributed by atoms with Gasteiger partial charge >= 0.3 is 0 Å². The largest absolute Gasteiger partial charge is 0.492 e. The summed E-state index contributed by atoms with van der Waals surface area (Å²) in [5.74, 6) is -0.00112. The molecule has 6 nitrogen and oxygen atoms in total. The van der Waals surface area contributed by atoms with Crippen molar-refractivity contribution in [3.63, 3.8) is 0 Å². The molecule has 0 radical (unpaired) electrons. The van der Waals surface area contributed by atoms with E-state index >= 15 is 0 Å². The van der Waals surface area contributed by atoms with E-state index in [1.807, 2.05) is 66.7 Å². The van der Waals surface area contributed by atoms with Crippen molar-refractivity contribution < 1.29 is 14.3 Å². The second kappa shape index (κ2) is 10.4. The second-order valence-corrected chi connectivity index (χ2v) is 7.19. The normalized spacial score (nSPS) is 11.8. The highest BCUT2D eigenvalue weighted by molar-refractivity contribution is 5.87. The standard InChI is InChI=1S/C24H27N3O3/c25-13-14-30-21-10-6-17(7-11-21)8-12-23(28)27-22(24(26)29)16-18-5-9-19-3-1-2-4-20(19)15-18/h1-7,9-11,15,22H,8,12-14,16,25H2,(H2,26,29)(H,27,28)/t22-/m1/s1. The third kappa shape index (κ3) is 6.06. The number of aryl methyl sites for hydroxylation is 1. The van der Waals surface area contributed by atoms with Crippen molar-refractivity contribution in [2.45, 2.75) is 25.3 Å². The Morgan fingerprint density at radius 2 is 1.63 bits per heavy atom. The van der Waals surface area contributed by atoms with Crippen LogP contribution in [0.25, 0.3) is 10.8 Å². The zero-order valence-electron chi connectivity index (χ0n) is 16.8. The third-order valence-corrected chi connectivity index (χ3v) is 4.88. The molecule has 5 N–H and O–H groups in total. The summed E-state index contributed by atoms with van der Waals surface area (Å²) in [4.78, 5) is 24.3. The first-order valence-electron chi connectivity index (χ1n) is 10.0. The number of amides is 2. The highest BCUT2D eigenvalue weighted by atomic mass is 16.5. The monoisotopic (exact) mass is 405 g/mol. The number of nitrogens with two attached hydrogens (primary N) is 2. The highest BCUT2D eigenvalue weighted by Gasteiger charge is 2.18. The Kier molecular flexibility index (Phi) is 7.40. The minimum Gasteiger partial charge on any atom is -0.492 e. The number of benzene rings is 3. The number of hydrogen-bond acceptors (Lipinski definition) is 4. The van der Waals surface area contributed by atoms with E-state index in [1.54, 1.807) is 0 Å². The zero-order valence-corrected chi connectivity index (χ0v) is 16.8. The van der Waals surface area contributed by atoms with Crippen LogP contribution in [0.4, 0.5) is 0 Å². The molecular weight excluding hydrogens is 378 g/mol. The maximum atomic E-state index is 12.4. The lowest BCUT2D eigenvalue weighted by atomic mass is 10.0. The van der Waals surface area contributed by atoms with Crippen LogP contribution in [0, 0.1) is 0 Å². The minimum absolute atomic E-state index is 0.206. The Balaban J connectivity index is 1.55. The van der Waals surface area contributed by atoms with Gasteiger partial charge in [-0.2, -0.15) is 0 Å². The molecule has 0 spiro atoms. The van der Waals surface area contributed by atoms with E-state index < -0.39 is 11.9 Å². The molecular formula is C24H27N3O3. The van der Waals surface area contributed by atoms with Gasteiger partial charge in [-0.25, -0.2) is 0 Å². The lowest BCUT2D eigenvalue weighted by molar-refractivity contribution is -0.127. The fourth-order valence-corrected chi connectivity index (χ4v) is 3.28. The Morgan fingerprint density at radius 1 is 0.933 bits per heavy atom. The summed E-state index contributed by atoms with van der Waals surface area (Å²) in [6.45, 7) is 0.926. The van der Waals surface area contributed by atoms with E-state index in [-0.39, 0.29) is 12.3 Å². The maximum Gasteiger partial charge on any atom is 0.240 e. The molecule has 0 unspecified atom stereocenters. The number of hydrogen-bond donors (Lipinski definition) is 3. The van der Waals surface area contributed by atoms with Gasteiger partial charge in [0, 0.05) is 19.4 Å². The van der Waals surface area contributed by atoms with Crippen LogP contribution in [0.15, 0.2) is 66.7 Å². The van der Waals surface area contributed by atoms with Crippen LogP contribution in [-0.4, -0.2) is 31.0 Å². The summed E-state index contributed by atoms with van der Waals surface area (Å²) in [5.41, 5.74) is 12.9. The fourth-order valence-electron chi connectivity index (χ4n) is 3.28. The van der Waals surface area contributed by atoms with Crippen LogP contribution in [-0.2, 0) is 22.4 Å². The first-order valence-corrected chi connectivity index (χ1v) is 10.0. The van der Waals surface area contributed by atoms with Gasteiger partial charge in [-0.1, -0.05) is 54.6 Å². The van der Waals surface area contributed by atoms with Crippen molar-refractivity contribution in [1.29, 1.82) is 0 Å². The van der Waals surface area contributed by atoms with Crippen molar-refractivity contribution in [2.75, 3.05) is 13.2 Å². The number of carbonyl (C=O) groups excluding carboxylic acids is 2. The van der Waals surface area contributed by atoms with Gasteiger partial charge in [0.2, 0.25) is 11.8 Å². The minimum atomic E-state index is -0.745. The van der Waals surface area contributed by atoms with Gasteiger partial charge in [0.1, 0.15) is 18.4 Å².